The molecule has 0 amide bonds. The fourth-order valence-electron chi connectivity index (χ4n) is 0.846. The molecule has 0 fully saturated rings. The molecule has 1 rings (SSSR count). The van der Waals surface area contributed by atoms with Gasteiger partial charge in [-0.25, -0.2) is 0 Å². The average molecular weight is 242 g/mol. The molecule has 0 aliphatic carbocycles. The summed E-state index contributed by atoms with van der Waals surface area (Å²) in [4.78, 5) is 0. The van der Waals surface area contributed by atoms with E-state index < -0.39 is 0 Å². The zero-order chi connectivity index (χ0) is 11.8. The van der Waals surface area contributed by atoms with Crippen LogP contribution in [0.15, 0.2) is 24.3 Å². The van der Waals surface area contributed by atoms with E-state index in [0.29, 0.717) is 5.11 Å². The fourth-order valence-corrected chi connectivity index (χ4v) is 0.956. The van der Waals surface area contributed by atoms with Crippen LogP contribution in [-0.2, 0) is 0 Å². The first-order valence-corrected chi connectivity index (χ1v) is 4.92. The van der Waals surface area contributed by atoms with E-state index in [1.54, 1.807) is 0 Å². The SMILES string of the molecule is Cc1ccccc1NC(N)=S.NC(N)=S. The lowest BCUT2D eigenvalue weighted by molar-refractivity contribution is 1.45. The molecule has 0 saturated heterocycles. The highest BCUT2D eigenvalue weighted by molar-refractivity contribution is 7.80. The van der Waals surface area contributed by atoms with Crippen molar-refractivity contribution in [1.29, 1.82) is 0 Å². The van der Waals surface area contributed by atoms with E-state index in [9.17, 15) is 0 Å². The lowest BCUT2D eigenvalue weighted by Gasteiger charge is -2.05. The van der Waals surface area contributed by atoms with E-state index in [1.807, 2.05) is 31.2 Å². The van der Waals surface area contributed by atoms with Crippen molar-refractivity contribution in [2.45, 2.75) is 6.92 Å². The van der Waals surface area contributed by atoms with Crippen molar-refractivity contribution >= 4 is 40.3 Å². The lowest BCUT2D eigenvalue weighted by atomic mass is 10.2. The second-order valence-corrected chi connectivity index (χ2v) is 3.62. The molecule has 0 bridgehead atoms. The van der Waals surface area contributed by atoms with Gasteiger partial charge in [0.15, 0.2) is 10.2 Å². The first-order valence-electron chi connectivity index (χ1n) is 4.10. The molecule has 0 radical (unpaired) electrons. The Hall–Kier alpha value is -1.40. The van der Waals surface area contributed by atoms with Gasteiger partial charge >= 0.3 is 0 Å². The molecular formula is C9H14N4S2. The molecule has 1 aromatic rings. The van der Waals surface area contributed by atoms with Crippen molar-refractivity contribution < 1.29 is 0 Å². The normalized spacial score (nSPS) is 8.33. The number of thiocarbonyl (C=S) groups is 2. The summed E-state index contributed by atoms with van der Waals surface area (Å²) in [5, 5.41) is 3.19. The molecular weight excluding hydrogens is 228 g/mol. The molecule has 7 N–H and O–H groups in total. The van der Waals surface area contributed by atoms with E-state index in [1.165, 1.54) is 0 Å². The Morgan fingerprint density at radius 2 is 1.60 bits per heavy atom. The minimum atomic E-state index is 0.000000000000000222. The minimum absolute atomic E-state index is 0.000000000000000222. The fraction of sp³-hybridized carbons (Fsp3) is 0.111. The average Bonchev–Trinajstić information content (AvgIpc) is 2.07. The molecule has 6 heteroatoms. The standard InChI is InChI=1S/C8H10N2S.CH4N2S/c1-6-4-2-3-5-7(6)10-8(9)11;2-1(3)4/h2-5H,1H3,(H3,9,10,11);(H4,2,3,4). The van der Waals surface area contributed by atoms with Gasteiger partial charge in [-0.1, -0.05) is 18.2 Å². The van der Waals surface area contributed by atoms with Crippen LogP contribution in [0.5, 0.6) is 0 Å². The van der Waals surface area contributed by atoms with E-state index in [-0.39, 0.29) is 5.11 Å². The third-order valence-corrected chi connectivity index (χ3v) is 1.50. The van der Waals surface area contributed by atoms with Crippen molar-refractivity contribution in [2.24, 2.45) is 17.2 Å². The van der Waals surface area contributed by atoms with E-state index in [2.05, 4.69) is 29.0 Å². The monoisotopic (exact) mass is 242 g/mol. The molecule has 0 aliphatic heterocycles. The summed E-state index contributed by atoms with van der Waals surface area (Å²) in [6.07, 6.45) is 0. The van der Waals surface area contributed by atoms with Crippen molar-refractivity contribution in [3.8, 4) is 0 Å². The number of hydrogen-bond donors (Lipinski definition) is 4. The Balaban J connectivity index is 0.000000423. The summed E-state index contributed by atoms with van der Waals surface area (Å²) in [5.41, 5.74) is 16.7. The van der Waals surface area contributed by atoms with Gasteiger partial charge in [0.05, 0.1) is 0 Å². The van der Waals surface area contributed by atoms with Gasteiger partial charge in [-0.05, 0) is 43.0 Å². The Labute approximate surface area is 99.8 Å². The van der Waals surface area contributed by atoms with Crippen LogP contribution in [0.25, 0.3) is 0 Å². The predicted octanol–water partition coefficient (Wildman–Crippen LogP) is 0.839. The molecule has 15 heavy (non-hydrogen) atoms. The Morgan fingerprint density at radius 3 is 2.00 bits per heavy atom. The molecule has 1 aromatic carbocycles. The van der Waals surface area contributed by atoms with Crippen LogP contribution in [0.3, 0.4) is 0 Å². The quantitative estimate of drug-likeness (QED) is 0.546. The van der Waals surface area contributed by atoms with Crippen molar-refractivity contribution in [1.82, 2.24) is 0 Å². The van der Waals surface area contributed by atoms with E-state index in [0.717, 1.165) is 11.3 Å². The minimum Gasteiger partial charge on any atom is -0.377 e. The summed E-state index contributed by atoms with van der Waals surface area (Å²) in [6.45, 7) is 2.00. The van der Waals surface area contributed by atoms with Crippen LogP contribution >= 0.6 is 24.4 Å². The maximum absolute atomic E-state index is 5.31. The number of benzene rings is 1. The molecule has 0 heterocycles. The highest BCUT2D eigenvalue weighted by atomic mass is 32.1. The highest BCUT2D eigenvalue weighted by Gasteiger charge is 1.94. The molecule has 0 spiro atoms. The first-order chi connectivity index (χ1) is 6.93. The zero-order valence-electron chi connectivity index (χ0n) is 8.36. The summed E-state index contributed by atoms with van der Waals surface area (Å²) in [6, 6.07) is 7.85. The maximum atomic E-state index is 5.31. The van der Waals surface area contributed by atoms with E-state index in [4.69, 9.17) is 18.0 Å². The third-order valence-electron chi connectivity index (χ3n) is 1.40. The summed E-state index contributed by atoms with van der Waals surface area (Å²) in [5.74, 6) is 0. The second kappa shape index (κ2) is 6.97. The molecule has 0 atom stereocenters. The Bertz CT molecular complexity index is 348. The van der Waals surface area contributed by atoms with Gasteiger partial charge in [0, 0.05) is 5.69 Å². The predicted molar refractivity (Wildman–Crippen MR) is 72.6 cm³/mol. The molecule has 4 nitrogen and oxygen atoms in total. The Morgan fingerprint density at radius 1 is 1.13 bits per heavy atom. The van der Waals surface area contributed by atoms with Crippen LogP contribution in [0.2, 0.25) is 0 Å². The number of aryl methyl sites for hydroxylation is 1. The number of anilines is 1. The van der Waals surface area contributed by atoms with E-state index >= 15 is 0 Å². The van der Waals surface area contributed by atoms with Gasteiger partial charge in [0.1, 0.15) is 0 Å². The molecule has 0 saturated carbocycles. The topological polar surface area (TPSA) is 90.1 Å². The van der Waals surface area contributed by atoms with Gasteiger partial charge < -0.3 is 22.5 Å². The summed E-state index contributed by atoms with van der Waals surface area (Å²) < 4.78 is 0. The van der Waals surface area contributed by atoms with Gasteiger partial charge in [0.25, 0.3) is 0 Å². The maximum Gasteiger partial charge on any atom is 0.168 e. The molecule has 0 aliphatic rings. The number of hydrogen-bond acceptors (Lipinski definition) is 2. The smallest absolute Gasteiger partial charge is 0.168 e. The van der Waals surface area contributed by atoms with Gasteiger partial charge in [-0.3, -0.25) is 0 Å². The molecule has 0 unspecified atom stereocenters. The van der Waals surface area contributed by atoms with Crippen molar-refractivity contribution in [2.75, 3.05) is 5.32 Å². The summed E-state index contributed by atoms with van der Waals surface area (Å²) >= 11 is 8.80. The zero-order valence-corrected chi connectivity index (χ0v) is 9.99. The van der Waals surface area contributed by atoms with Crippen LogP contribution < -0.4 is 22.5 Å². The lowest BCUT2D eigenvalue weighted by Crippen LogP contribution is -2.19. The molecule has 82 valence electrons. The molecule has 0 aromatic heterocycles. The highest BCUT2D eigenvalue weighted by Crippen LogP contribution is 2.11. The van der Waals surface area contributed by atoms with Crippen molar-refractivity contribution in [3.05, 3.63) is 29.8 Å². The number of rotatable bonds is 1. The van der Waals surface area contributed by atoms with Gasteiger partial charge in [-0.2, -0.15) is 0 Å². The van der Waals surface area contributed by atoms with Crippen LogP contribution in [0.1, 0.15) is 5.56 Å². The second-order valence-electron chi connectivity index (χ2n) is 2.71. The summed E-state index contributed by atoms with van der Waals surface area (Å²) in [7, 11) is 0. The van der Waals surface area contributed by atoms with Gasteiger partial charge in [-0.15, -0.1) is 0 Å². The van der Waals surface area contributed by atoms with Crippen LogP contribution in [0.4, 0.5) is 5.69 Å². The van der Waals surface area contributed by atoms with Gasteiger partial charge in [0.2, 0.25) is 0 Å². The Kier molecular flexibility index (Phi) is 6.32. The number of para-hydroxylation sites is 1. The number of nitrogens with one attached hydrogen (secondary N) is 1. The largest absolute Gasteiger partial charge is 0.377 e. The first kappa shape index (κ1) is 13.6. The van der Waals surface area contributed by atoms with Crippen molar-refractivity contribution in [3.63, 3.8) is 0 Å². The van der Waals surface area contributed by atoms with Crippen LogP contribution in [0, 0.1) is 6.92 Å². The third kappa shape index (κ3) is 7.65. The number of nitrogens with two attached hydrogens (primary N) is 3. The van der Waals surface area contributed by atoms with Crippen LogP contribution in [-0.4, -0.2) is 10.2 Å².